The van der Waals surface area contributed by atoms with Crippen LogP contribution in [0.4, 0.5) is 4.39 Å². The zero-order valence-corrected chi connectivity index (χ0v) is 6.68. The fourth-order valence-electron chi connectivity index (χ4n) is 1.46. The molecule has 12 heavy (non-hydrogen) atoms. The van der Waals surface area contributed by atoms with E-state index in [1.807, 2.05) is 6.07 Å². The molecule has 1 aromatic carbocycles. The van der Waals surface area contributed by atoms with Gasteiger partial charge in [0, 0.05) is 8.78 Å². The van der Waals surface area contributed by atoms with E-state index in [-0.39, 0.29) is 11.9 Å². The van der Waals surface area contributed by atoms with Crippen molar-refractivity contribution < 1.29 is 7.13 Å². The lowest BCUT2D eigenvalue weighted by Crippen LogP contribution is -2.12. The highest BCUT2D eigenvalue weighted by molar-refractivity contribution is 5.20. The average Bonchev–Trinajstić information content (AvgIpc) is 2.46. The summed E-state index contributed by atoms with van der Waals surface area (Å²) in [4.78, 5) is 0. The SMILES string of the molecule is [2H]C1([2H])CCC(c2cccc(F)c2)N1. The first-order valence-electron chi connectivity index (χ1n) is 5.10. The minimum Gasteiger partial charge on any atom is -0.310 e. The molecule has 0 spiro atoms. The summed E-state index contributed by atoms with van der Waals surface area (Å²) in [6.07, 6.45) is 1.20. The molecule has 64 valence electrons. The third-order valence-electron chi connectivity index (χ3n) is 2.09. The normalized spacial score (nSPS) is 29.6. The first-order chi connectivity index (χ1) is 6.57. The van der Waals surface area contributed by atoms with E-state index in [0.29, 0.717) is 6.42 Å². The molecule has 0 aromatic heterocycles. The number of nitrogens with one attached hydrogen (secondary N) is 1. The summed E-state index contributed by atoms with van der Waals surface area (Å²) >= 11 is 0. The fourth-order valence-corrected chi connectivity index (χ4v) is 1.46. The summed E-state index contributed by atoms with van der Waals surface area (Å²) in [7, 11) is 0. The van der Waals surface area contributed by atoms with Gasteiger partial charge in [-0.15, -0.1) is 0 Å². The van der Waals surface area contributed by atoms with Crippen molar-refractivity contribution in [2.45, 2.75) is 18.9 Å². The van der Waals surface area contributed by atoms with Gasteiger partial charge in [-0.25, -0.2) is 4.39 Å². The van der Waals surface area contributed by atoms with Crippen molar-refractivity contribution in [3.05, 3.63) is 35.6 Å². The summed E-state index contributed by atoms with van der Waals surface area (Å²) in [5.41, 5.74) is 0.825. The van der Waals surface area contributed by atoms with Gasteiger partial charge in [0.15, 0.2) is 0 Å². The molecule has 2 rings (SSSR count). The van der Waals surface area contributed by atoms with Crippen LogP contribution >= 0.6 is 0 Å². The van der Waals surface area contributed by atoms with Crippen molar-refractivity contribution in [1.29, 1.82) is 0 Å². The van der Waals surface area contributed by atoms with Crippen molar-refractivity contribution in [2.75, 3.05) is 6.50 Å². The summed E-state index contributed by atoms with van der Waals surface area (Å²) < 4.78 is 27.9. The molecule has 1 fully saturated rings. The lowest BCUT2D eigenvalue weighted by molar-refractivity contribution is 0.606. The first kappa shape index (κ1) is 5.70. The van der Waals surface area contributed by atoms with E-state index in [1.165, 1.54) is 12.1 Å². The molecule has 0 aliphatic carbocycles. The predicted octanol–water partition coefficient (Wildman–Crippen LogP) is 2.25. The Bertz CT molecular complexity index is 341. The van der Waals surface area contributed by atoms with Gasteiger partial charge in [0.1, 0.15) is 5.82 Å². The van der Waals surface area contributed by atoms with Crippen LogP contribution in [0, 0.1) is 5.82 Å². The summed E-state index contributed by atoms with van der Waals surface area (Å²) in [5.74, 6) is -0.267. The minimum atomic E-state index is -1.31. The molecule has 1 N–H and O–H groups in total. The molecule has 1 heterocycles. The molecule has 1 aliphatic rings. The van der Waals surface area contributed by atoms with Gasteiger partial charge >= 0.3 is 0 Å². The number of halogens is 1. The number of rotatable bonds is 1. The van der Waals surface area contributed by atoms with Crippen LogP contribution in [0.5, 0.6) is 0 Å². The molecule has 2 heteroatoms. The minimum absolute atomic E-state index is 0.0549. The van der Waals surface area contributed by atoms with Crippen molar-refractivity contribution in [2.24, 2.45) is 0 Å². The standard InChI is InChI=1S/C10H12FN/c11-9-4-1-3-8(7-9)10-5-2-6-12-10/h1,3-4,7,10,12H,2,5-6H2/i6D2. The molecule has 1 saturated heterocycles. The van der Waals surface area contributed by atoms with Gasteiger partial charge in [0.2, 0.25) is 0 Å². The van der Waals surface area contributed by atoms with E-state index in [0.717, 1.165) is 12.0 Å². The van der Waals surface area contributed by atoms with Gasteiger partial charge in [-0.05, 0) is 37.0 Å². The van der Waals surface area contributed by atoms with Gasteiger partial charge in [0.05, 0.1) is 0 Å². The van der Waals surface area contributed by atoms with Crippen molar-refractivity contribution in [1.82, 2.24) is 5.32 Å². The Kier molecular flexibility index (Phi) is 1.54. The molecule has 1 atom stereocenters. The van der Waals surface area contributed by atoms with Crippen LogP contribution < -0.4 is 5.32 Å². The number of hydrogen-bond acceptors (Lipinski definition) is 1. The third-order valence-corrected chi connectivity index (χ3v) is 2.09. The average molecular weight is 167 g/mol. The highest BCUT2D eigenvalue weighted by Gasteiger charge is 2.15. The lowest BCUT2D eigenvalue weighted by atomic mass is 10.1. The van der Waals surface area contributed by atoms with E-state index in [9.17, 15) is 4.39 Å². The van der Waals surface area contributed by atoms with E-state index < -0.39 is 6.50 Å². The van der Waals surface area contributed by atoms with Crippen LogP contribution in [0.1, 0.15) is 27.2 Å². The summed E-state index contributed by atoms with van der Waals surface area (Å²) in [5, 5.41) is 2.84. The monoisotopic (exact) mass is 167 g/mol. The van der Waals surface area contributed by atoms with E-state index in [1.54, 1.807) is 6.07 Å². The highest BCUT2D eigenvalue weighted by Crippen LogP contribution is 2.22. The molecule has 1 nitrogen and oxygen atoms in total. The van der Waals surface area contributed by atoms with Crippen LogP contribution in [0.2, 0.25) is 0 Å². The van der Waals surface area contributed by atoms with Crippen LogP contribution in [0.25, 0.3) is 0 Å². The van der Waals surface area contributed by atoms with Crippen molar-refractivity contribution >= 4 is 0 Å². The van der Waals surface area contributed by atoms with E-state index in [4.69, 9.17) is 2.74 Å². The second-order valence-corrected chi connectivity index (χ2v) is 2.97. The molecule has 1 aromatic rings. The summed E-state index contributed by atoms with van der Waals surface area (Å²) in [6.45, 7) is -1.31. The topological polar surface area (TPSA) is 12.0 Å². The van der Waals surface area contributed by atoms with Crippen LogP contribution in [-0.2, 0) is 0 Å². The Labute approximate surface area is 74.4 Å². The predicted molar refractivity (Wildman–Crippen MR) is 46.4 cm³/mol. The Hall–Kier alpha value is -0.890. The van der Waals surface area contributed by atoms with Crippen molar-refractivity contribution in [3.8, 4) is 0 Å². The van der Waals surface area contributed by atoms with E-state index in [2.05, 4.69) is 5.32 Å². The van der Waals surface area contributed by atoms with E-state index >= 15 is 0 Å². The highest BCUT2D eigenvalue weighted by atomic mass is 19.1. The lowest BCUT2D eigenvalue weighted by Gasteiger charge is -2.09. The smallest absolute Gasteiger partial charge is 0.123 e. The van der Waals surface area contributed by atoms with Crippen LogP contribution in [0.15, 0.2) is 24.3 Å². The van der Waals surface area contributed by atoms with Crippen LogP contribution in [0.3, 0.4) is 0 Å². The maximum absolute atomic E-state index is 12.9. The first-order valence-corrected chi connectivity index (χ1v) is 4.10. The quantitative estimate of drug-likeness (QED) is 0.676. The molecule has 1 aliphatic heterocycles. The molecule has 0 bridgehead atoms. The Morgan fingerprint density at radius 2 is 2.50 bits per heavy atom. The van der Waals surface area contributed by atoms with Gasteiger partial charge in [0.25, 0.3) is 0 Å². The second-order valence-electron chi connectivity index (χ2n) is 2.97. The van der Waals surface area contributed by atoms with Gasteiger partial charge in [-0.3, -0.25) is 0 Å². The van der Waals surface area contributed by atoms with Gasteiger partial charge in [-0.2, -0.15) is 0 Å². The Morgan fingerprint density at radius 3 is 3.17 bits per heavy atom. The molecule has 0 amide bonds. The molecule has 0 saturated carbocycles. The maximum atomic E-state index is 12.9. The Balaban J connectivity index is 2.17. The number of benzene rings is 1. The molecular weight excluding hydrogens is 153 g/mol. The second kappa shape index (κ2) is 3.23. The summed E-state index contributed by atoms with van der Waals surface area (Å²) in [6, 6.07) is 6.27. The van der Waals surface area contributed by atoms with Crippen LogP contribution in [-0.4, -0.2) is 6.50 Å². The zero-order valence-electron chi connectivity index (χ0n) is 8.68. The Morgan fingerprint density at radius 1 is 1.58 bits per heavy atom. The van der Waals surface area contributed by atoms with Gasteiger partial charge < -0.3 is 5.32 Å². The third kappa shape index (κ3) is 1.48. The largest absolute Gasteiger partial charge is 0.310 e. The molecule has 0 radical (unpaired) electrons. The molecule has 1 unspecified atom stereocenters. The zero-order chi connectivity index (χ0) is 10.2. The number of hydrogen-bond donors (Lipinski definition) is 1. The van der Waals surface area contributed by atoms with Gasteiger partial charge in [-0.1, -0.05) is 12.1 Å². The van der Waals surface area contributed by atoms with Crippen molar-refractivity contribution in [3.63, 3.8) is 0 Å². The molecular formula is C10H12FN. The maximum Gasteiger partial charge on any atom is 0.123 e. The fraction of sp³-hybridized carbons (Fsp3) is 0.400.